The summed E-state index contributed by atoms with van der Waals surface area (Å²) in [5, 5.41) is 0. The number of rotatable bonds is 5. The molecule has 0 N–H and O–H groups in total. The third-order valence-electron chi connectivity index (χ3n) is 3.05. The molecule has 0 radical (unpaired) electrons. The topological polar surface area (TPSA) is 35.5 Å². The van der Waals surface area contributed by atoms with Crippen LogP contribution in [0.2, 0.25) is 0 Å². The van der Waals surface area contributed by atoms with Gasteiger partial charge in [0.1, 0.15) is 11.6 Å². The van der Waals surface area contributed by atoms with Gasteiger partial charge in [0.15, 0.2) is 17.3 Å². The molecule has 0 amide bonds. The molecule has 0 fully saturated rings. The average molecular weight is 292 g/mol. The first kappa shape index (κ1) is 15.0. The zero-order valence-electron chi connectivity index (χ0n) is 11.7. The molecule has 110 valence electrons. The van der Waals surface area contributed by atoms with Crippen LogP contribution in [-0.2, 0) is 6.42 Å². The minimum absolute atomic E-state index is 0.127. The number of carbonyl (C=O) groups excluding carboxylic acids is 1. The van der Waals surface area contributed by atoms with Crippen LogP contribution in [0.5, 0.6) is 11.5 Å². The van der Waals surface area contributed by atoms with Crippen molar-refractivity contribution >= 4 is 5.78 Å². The van der Waals surface area contributed by atoms with Crippen LogP contribution in [0.4, 0.5) is 8.78 Å². The third-order valence-corrected chi connectivity index (χ3v) is 3.05. The summed E-state index contributed by atoms with van der Waals surface area (Å²) < 4.78 is 37.3. The third kappa shape index (κ3) is 3.18. The molecule has 21 heavy (non-hydrogen) atoms. The van der Waals surface area contributed by atoms with E-state index in [0.717, 1.165) is 12.1 Å². The van der Waals surface area contributed by atoms with Crippen molar-refractivity contribution in [2.75, 3.05) is 14.2 Å². The first-order valence-corrected chi connectivity index (χ1v) is 6.25. The van der Waals surface area contributed by atoms with Crippen molar-refractivity contribution in [3.05, 3.63) is 59.2 Å². The van der Waals surface area contributed by atoms with Gasteiger partial charge in [0, 0.05) is 6.42 Å². The fourth-order valence-electron chi connectivity index (χ4n) is 2.03. The Bertz CT molecular complexity index is 648. The van der Waals surface area contributed by atoms with Crippen molar-refractivity contribution < 1.29 is 23.0 Å². The van der Waals surface area contributed by atoms with Crippen molar-refractivity contribution in [2.45, 2.75) is 6.42 Å². The van der Waals surface area contributed by atoms with Gasteiger partial charge in [-0.2, -0.15) is 0 Å². The van der Waals surface area contributed by atoms with Crippen molar-refractivity contribution in [1.82, 2.24) is 0 Å². The van der Waals surface area contributed by atoms with Crippen LogP contribution < -0.4 is 9.47 Å². The minimum Gasteiger partial charge on any atom is -0.493 e. The highest BCUT2D eigenvalue weighted by Gasteiger charge is 2.18. The van der Waals surface area contributed by atoms with Gasteiger partial charge in [-0.05, 0) is 29.8 Å². The number of benzene rings is 2. The average Bonchev–Trinajstić information content (AvgIpc) is 2.46. The van der Waals surface area contributed by atoms with Gasteiger partial charge in [-0.1, -0.05) is 12.1 Å². The van der Waals surface area contributed by atoms with Crippen LogP contribution in [0.3, 0.4) is 0 Å². The smallest absolute Gasteiger partial charge is 0.173 e. The van der Waals surface area contributed by atoms with Crippen LogP contribution in [0.25, 0.3) is 0 Å². The number of hydrogen-bond donors (Lipinski definition) is 0. The predicted octanol–water partition coefficient (Wildman–Crippen LogP) is 3.41. The molecule has 0 unspecified atom stereocenters. The van der Waals surface area contributed by atoms with E-state index < -0.39 is 23.0 Å². The molecule has 2 rings (SSSR count). The molecular weight excluding hydrogens is 278 g/mol. The second kappa shape index (κ2) is 6.35. The summed E-state index contributed by atoms with van der Waals surface area (Å²) in [5.74, 6) is -1.37. The molecule has 0 aliphatic carbocycles. The maximum Gasteiger partial charge on any atom is 0.173 e. The van der Waals surface area contributed by atoms with E-state index in [1.807, 2.05) is 0 Å². The maximum absolute atomic E-state index is 13.6. The summed E-state index contributed by atoms with van der Waals surface area (Å²) in [7, 11) is 2.97. The van der Waals surface area contributed by atoms with Gasteiger partial charge in [0.2, 0.25) is 0 Å². The molecular formula is C16H14F2O3. The lowest BCUT2D eigenvalue weighted by Crippen LogP contribution is -2.09. The van der Waals surface area contributed by atoms with Crippen molar-refractivity contribution in [3.8, 4) is 11.5 Å². The van der Waals surface area contributed by atoms with E-state index in [1.165, 1.54) is 20.3 Å². The zero-order valence-corrected chi connectivity index (χ0v) is 11.7. The number of ketones is 1. The van der Waals surface area contributed by atoms with E-state index in [1.54, 1.807) is 18.2 Å². The summed E-state index contributed by atoms with van der Waals surface area (Å²) >= 11 is 0. The number of hydrogen-bond acceptors (Lipinski definition) is 3. The first-order chi connectivity index (χ1) is 10.1. The lowest BCUT2D eigenvalue weighted by molar-refractivity contribution is 0.0985. The van der Waals surface area contributed by atoms with Crippen LogP contribution in [-0.4, -0.2) is 20.0 Å². The number of methoxy groups -OCH3 is 2. The summed E-state index contributed by atoms with van der Waals surface area (Å²) in [6.07, 6.45) is -0.127. The van der Waals surface area contributed by atoms with E-state index in [2.05, 4.69) is 0 Å². The number of carbonyl (C=O) groups is 1. The monoisotopic (exact) mass is 292 g/mol. The molecule has 0 heterocycles. The van der Waals surface area contributed by atoms with Gasteiger partial charge in [0.05, 0.1) is 19.8 Å². The Balaban J connectivity index is 2.28. The highest BCUT2D eigenvalue weighted by Crippen LogP contribution is 2.28. The fraction of sp³-hybridized carbons (Fsp3) is 0.188. The molecule has 0 aliphatic heterocycles. The fourth-order valence-corrected chi connectivity index (χ4v) is 2.03. The summed E-state index contributed by atoms with van der Waals surface area (Å²) in [6, 6.07) is 8.24. The Morgan fingerprint density at radius 3 is 2.19 bits per heavy atom. The minimum atomic E-state index is -0.861. The summed E-state index contributed by atoms with van der Waals surface area (Å²) in [6.45, 7) is 0. The molecule has 3 nitrogen and oxygen atoms in total. The Hall–Kier alpha value is -2.43. The molecule has 0 spiro atoms. The molecule has 2 aromatic rings. The molecule has 2 aromatic carbocycles. The van der Waals surface area contributed by atoms with E-state index in [9.17, 15) is 13.6 Å². The Labute approximate surface area is 121 Å². The number of ether oxygens (including phenoxy) is 2. The normalized spacial score (nSPS) is 10.3. The Kier molecular flexibility index (Phi) is 4.52. The van der Waals surface area contributed by atoms with Crippen LogP contribution in [0.1, 0.15) is 15.9 Å². The van der Waals surface area contributed by atoms with Gasteiger partial charge in [-0.15, -0.1) is 0 Å². The highest BCUT2D eigenvalue weighted by atomic mass is 19.1. The van der Waals surface area contributed by atoms with Crippen LogP contribution >= 0.6 is 0 Å². The first-order valence-electron chi connectivity index (χ1n) is 6.25. The lowest BCUT2D eigenvalue weighted by Gasteiger charge is -2.09. The maximum atomic E-state index is 13.6. The van der Waals surface area contributed by atoms with Gasteiger partial charge in [0.25, 0.3) is 0 Å². The van der Waals surface area contributed by atoms with Gasteiger partial charge in [-0.25, -0.2) is 8.78 Å². The van der Waals surface area contributed by atoms with E-state index in [0.29, 0.717) is 17.1 Å². The van der Waals surface area contributed by atoms with Crippen LogP contribution in [0, 0.1) is 11.6 Å². The van der Waals surface area contributed by atoms with Crippen molar-refractivity contribution in [1.29, 1.82) is 0 Å². The van der Waals surface area contributed by atoms with E-state index in [-0.39, 0.29) is 6.42 Å². The SMILES string of the molecule is COc1ccc(CC(=O)c2c(F)cccc2F)cc1OC. The summed E-state index contributed by atoms with van der Waals surface area (Å²) in [5.41, 5.74) is 0.0626. The lowest BCUT2D eigenvalue weighted by atomic mass is 10.0. The molecule has 0 saturated heterocycles. The van der Waals surface area contributed by atoms with Gasteiger partial charge in [-0.3, -0.25) is 4.79 Å². The molecule has 0 saturated carbocycles. The highest BCUT2D eigenvalue weighted by molar-refractivity contribution is 5.98. The second-order valence-corrected chi connectivity index (χ2v) is 4.39. The number of halogens is 2. The zero-order chi connectivity index (χ0) is 15.4. The Morgan fingerprint density at radius 1 is 1.00 bits per heavy atom. The molecule has 5 heteroatoms. The van der Waals surface area contributed by atoms with Crippen LogP contribution in [0.15, 0.2) is 36.4 Å². The van der Waals surface area contributed by atoms with Crippen molar-refractivity contribution in [2.24, 2.45) is 0 Å². The largest absolute Gasteiger partial charge is 0.493 e. The molecule has 0 atom stereocenters. The van der Waals surface area contributed by atoms with Gasteiger partial charge < -0.3 is 9.47 Å². The molecule has 0 aromatic heterocycles. The standard InChI is InChI=1S/C16H14F2O3/c1-20-14-7-6-10(9-15(14)21-2)8-13(19)16-11(17)4-3-5-12(16)18/h3-7,9H,8H2,1-2H3. The molecule has 0 aliphatic rings. The quantitative estimate of drug-likeness (QED) is 0.792. The Morgan fingerprint density at radius 2 is 1.62 bits per heavy atom. The van der Waals surface area contributed by atoms with Crippen molar-refractivity contribution in [3.63, 3.8) is 0 Å². The second-order valence-electron chi connectivity index (χ2n) is 4.39. The van der Waals surface area contributed by atoms with E-state index in [4.69, 9.17) is 9.47 Å². The predicted molar refractivity (Wildman–Crippen MR) is 73.9 cm³/mol. The summed E-state index contributed by atoms with van der Waals surface area (Å²) in [4.78, 5) is 12.1. The van der Waals surface area contributed by atoms with E-state index >= 15 is 0 Å². The van der Waals surface area contributed by atoms with Gasteiger partial charge >= 0.3 is 0 Å². The number of Topliss-reactive ketones (excluding diaryl/α,β-unsaturated/α-hetero) is 1. The molecule has 0 bridgehead atoms.